The van der Waals surface area contributed by atoms with Crippen molar-refractivity contribution in [1.82, 2.24) is 15.5 Å². The molecule has 29 heavy (non-hydrogen) atoms. The quantitative estimate of drug-likeness (QED) is 0.469. The van der Waals surface area contributed by atoms with Crippen molar-refractivity contribution >= 4 is 28.6 Å². The number of amides is 1. The van der Waals surface area contributed by atoms with Crippen molar-refractivity contribution in [2.75, 3.05) is 5.75 Å². The molecule has 1 amide bonds. The smallest absolute Gasteiger partial charge is 0.236 e. The highest BCUT2D eigenvalue weighted by Gasteiger charge is 2.15. The van der Waals surface area contributed by atoms with Gasteiger partial charge in [0, 0.05) is 10.9 Å². The number of rotatable bonds is 7. The van der Waals surface area contributed by atoms with Gasteiger partial charge in [0.25, 0.3) is 0 Å². The summed E-state index contributed by atoms with van der Waals surface area (Å²) < 4.78 is 11.1. The molecule has 7 heteroatoms. The van der Waals surface area contributed by atoms with Crippen molar-refractivity contribution in [2.45, 2.75) is 25.6 Å². The summed E-state index contributed by atoms with van der Waals surface area (Å²) in [5.74, 6) is 2.51. The summed E-state index contributed by atoms with van der Waals surface area (Å²) in [5, 5.41) is 8.00. The Bertz CT molecular complexity index is 1080. The molecule has 2 aromatic heterocycles. The second-order valence-electron chi connectivity index (χ2n) is 6.85. The third-order valence-corrected chi connectivity index (χ3v) is 5.40. The Kier molecular flexibility index (Phi) is 5.67. The topological polar surface area (TPSA) is 81.2 Å². The largest absolute Gasteiger partial charge is 0.459 e. The summed E-state index contributed by atoms with van der Waals surface area (Å²) in [6, 6.07) is 17.5. The van der Waals surface area contributed by atoms with Crippen molar-refractivity contribution in [3.63, 3.8) is 0 Å². The lowest BCUT2D eigenvalue weighted by Crippen LogP contribution is -2.28. The third-order valence-electron chi connectivity index (χ3n) is 4.49. The molecule has 6 nitrogen and oxygen atoms in total. The van der Waals surface area contributed by atoms with Crippen LogP contribution in [0.2, 0.25) is 0 Å². The fourth-order valence-corrected chi connectivity index (χ4v) is 3.60. The molecule has 1 atom stereocenters. The lowest BCUT2D eigenvalue weighted by Gasteiger charge is -2.10. The predicted molar refractivity (Wildman–Crippen MR) is 113 cm³/mol. The maximum Gasteiger partial charge on any atom is 0.236 e. The van der Waals surface area contributed by atoms with E-state index in [-0.39, 0.29) is 11.9 Å². The number of thioether (sulfide) groups is 1. The number of nitrogens with one attached hydrogen (secondary N) is 1. The van der Waals surface area contributed by atoms with Crippen LogP contribution in [0.4, 0.5) is 0 Å². The van der Waals surface area contributed by atoms with Crippen LogP contribution in [-0.2, 0) is 10.5 Å². The van der Waals surface area contributed by atoms with Gasteiger partial charge < -0.3 is 14.3 Å². The number of benzene rings is 2. The first-order valence-corrected chi connectivity index (χ1v) is 10.5. The number of carbonyl (C=O) groups excluding carboxylic acids is 1. The molecule has 1 N–H and O–H groups in total. The molecule has 0 saturated heterocycles. The Hall–Kier alpha value is -3.06. The number of fused-ring (bicyclic) bond motifs is 1. The van der Waals surface area contributed by atoms with E-state index in [2.05, 4.69) is 15.5 Å². The summed E-state index contributed by atoms with van der Waals surface area (Å²) in [6.45, 7) is 3.94. The van der Waals surface area contributed by atoms with Gasteiger partial charge in [-0.2, -0.15) is 4.98 Å². The minimum Gasteiger partial charge on any atom is -0.459 e. The predicted octanol–water partition coefficient (Wildman–Crippen LogP) is 4.90. The Labute approximate surface area is 172 Å². The highest BCUT2D eigenvalue weighted by Crippen LogP contribution is 2.24. The van der Waals surface area contributed by atoms with E-state index in [1.165, 1.54) is 17.3 Å². The Morgan fingerprint density at radius 2 is 1.97 bits per heavy atom. The van der Waals surface area contributed by atoms with Gasteiger partial charge in [0.05, 0.1) is 17.5 Å². The molecule has 0 bridgehead atoms. The standard InChI is InChI=1S/C22H21N3O3S/c1-14-7-9-16(10-8-14)22-24-21(28-25-22)13-29-12-20(26)23-15(2)19-11-17-5-3-4-6-18(17)27-19/h3-11,15H,12-13H2,1-2H3,(H,23,26)/t15-/m1/s1. The Balaban J connectivity index is 1.27. The van der Waals surface area contributed by atoms with E-state index in [1.54, 1.807) is 0 Å². The molecule has 0 aliphatic heterocycles. The second-order valence-corrected chi connectivity index (χ2v) is 7.83. The van der Waals surface area contributed by atoms with Crippen LogP contribution in [0, 0.1) is 6.92 Å². The normalized spacial score (nSPS) is 12.2. The van der Waals surface area contributed by atoms with Gasteiger partial charge in [0.2, 0.25) is 17.6 Å². The first-order chi connectivity index (χ1) is 14.1. The lowest BCUT2D eigenvalue weighted by molar-refractivity contribution is -0.119. The number of para-hydroxylation sites is 1. The van der Waals surface area contributed by atoms with Crippen molar-refractivity contribution in [2.24, 2.45) is 0 Å². The van der Waals surface area contributed by atoms with Gasteiger partial charge >= 0.3 is 0 Å². The maximum atomic E-state index is 12.3. The highest BCUT2D eigenvalue weighted by atomic mass is 32.2. The number of nitrogens with zero attached hydrogens (tertiary/aromatic N) is 2. The minimum atomic E-state index is -0.202. The highest BCUT2D eigenvalue weighted by molar-refractivity contribution is 7.99. The van der Waals surface area contributed by atoms with Crippen LogP contribution in [0.5, 0.6) is 0 Å². The summed E-state index contributed by atoms with van der Waals surface area (Å²) in [6.07, 6.45) is 0. The van der Waals surface area contributed by atoms with Crippen LogP contribution in [0.1, 0.15) is 30.2 Å². The monoisotopic (exact) mass is 407 g/mol. The van der Waals surface area contributed by atoms with Crippen molar-refractivity contribution in [3.8, 4) is 11.4 Å². The van der Waals surface area contributed by atoms with Crippen LogP contribution in [0.25, 0.3) is 22.4 Å². The number of hydrogen-bond acceptors (Lipinski definition) is 6. The fraction of sp³-hybridized carbons (Fsp3) is 0.227. The molecule has 0 radical (unpaired) electrons. The van der Waals surface area contributed by atoms with Crippen LogP contribution in [0.3, 0.4) is 0 Å². The number of hydrogen-bond donors (Lipinski definition) is 1. The van der Waals surface area contributed by atoms with E-state index < -0.39 is 0 Å². The minimum absolute atomic E-state index is 0.0683. The molecule has 0 spiro atoms. The maximum absolute atomic E-state index is 12.3. The van der Waals surface area contributed by atoms with Gasteiger partial charge in [-0.3, -0.25) is 4.79 Å². The number of aromatic nitrogens is 2. The zero-order chi connectivity index (χ0) is 20.2. The lowest BCUT2D eigenvalue weighted by atomic mass is 10.1. The summed E-state index contributed by atoms with van der Waals surface area (Å²) in [7, 11) is 0. The second kappa shape index (κ2) is 8.53. The van der Waals surface area contributed by atoms with Crippen LogP contribution < -0.4 is 5.32 Å². The number of carbonyl (C=O) groups is 1. The molecular formula is C22H21N3O3S. The van der Waals surface area contributed by atoms with Crippen molar-refractivity contribution in [1.29, 1.82) is 0 Å². The van der Waals surface area contributed by atoms with Crippen LogP contribution in [-0.4, -0.2) is 21.8 Å². The molecule has 4 rings (SSSR count). The van der Waals surface area contributed by atoms with E-state index in [1.807, 2.05) is 68.4 Å². The molecule has 0 aliphatic carbocycles. The number of aryl methyl sites for hydroxylation is 1. The van der Waals surface area contributed by atoms with Gasteiger partial charge in [-0.05, 0) is 26.0 Å². The molecule has 0 aliphatic rings. The van der Waals surface area contributed by atoms with E-state index in [0.29, 0.717) is 23.2 Å². The first-order valence-electron chi connectivity index (χ1n) is 9.34. The van der Waals surface area contributed by atoms with Gasteiger partial charge in [-0.25, -0.2) is 0 Å². The van der Waals surface area contributed by atoms with Crippen LogP contribution in [0.15, 0.2) is 63.5 Å². The first kappa shape index (κ1) is 19.3. The SMILES string of the molecule is Cc1ccc(-c2noc(CSCC(=O)N[C@H](C)c3cc4ccccc4o3)n2)cc1. The van der Waals surface area contributed by atoms with E-state index in [4.69, 9.17) is 8.94 Å². The molecule has 148 valence electrons. The summed E-state index contributed by atoms with van der Waals surface area (Å²) >= 11 is 1.43. The Morgan fingerprint density at radius 3 is 2.76 bits per heavy atom. The van der Waals surface area contributed by atoms with Gasteiger partial charge in [0.1, 0.15) is 11.3 Å². The van der Waals surface area contributed by atoms with E-state index in [0.717, 1.165) is 22.3 Å². The summed E-state index contributed by atoms with van der Waals surface area (Å²) in [4.78, 5) is 16.6. The molecule has 2 aromatic carbocycles. The molecule has 0 saturated carbocycles. The average Bonchev–Trinajstić information content (AvgIpc) is 3.35. The van der Waals surface area contributed by atoms with Crippen LogP contribution >= 0.6 is 11.8 Å². The summed E-state index contributed by atoms with van der Waals surface area (Å²) in [5.41, 5.74) is 2.91. The molecule has 2 heterocycles. The van der Waals surface area contributed by atoms with Crippen molar-refractivity contribution < 1.29 is 13.7 Å². The van der Waals surface area contributed by atoms with Gasteiger partial charge in [-0.1, -0.05) is 53.2 Å². The van der Waals surface area contributed by atoms with Gasteiger partial charge in [0.15, 0.2) is 0 Å². The number of furan rings is 1. The van der Waals surface area contributed by atoms with E-state index >= 15 is 0 Å². The zero-order valence-electron chi connectivity index (χ0n) is 16.2. The van der Waals surface area contributed by atoms with Gasteiger partial charge in [-0.15, -0.1) is 11.8 Å². The van der Waals surface area contributed by atoms with Crippen molar-refractivity contribution in [3.05, 3.63) is 71.8 Å². The molecular weight excluding hydrogens is 386 g/mol. The third kappa shape index (κ3) is 4.68. The molecule has 0 fully saturated rings. The fourth-order valence-electron chi connectivity index (χ4n) is 2.93. The Morgan fingerprint density at radius 1 is 1.17 bits per heavy atom. The molecule has 4 aromatic rings. The average molecular weight is 407 g/mol. The molecule has 0 unspecified atom stereocenters. The van der Waals surface area contributed by atoms with E-state index in [9.17, 15) is 4.79 Å². The zero-order valence-corrected chi connectivity index (χ0v) is 17.0.